The van der Waals surface area contributed by atoms with Crippen LogP contribution in [0.1, 0.15) is 10.4 Å². The van der Waals surface area contributed by atoms with Gasteiger partial charge in [0.2, 0.25) is 0 Å². The number of aromatic carboxylic acids is 1. The van der Waals surface area contributed by atoms with Gasteiger partial charge in [-0.3, -0.25) is 0 Å². The molecule has 0 unspecified atom stereocenters. The number of H-pyrrole nitrogens is 1. The van der Waals surface area contributed by atoms with E-state index in [1.807, 2.05) is 0 Å². The summed E-state index contributed by atoms with van der Waals surface area (Å²) in [5, 5.41) is 9.36. The molecule has 66 valence electrons. The second-order valence-corrected chi connectivity index (χ2v) is 2.66. The average Bonchev–Trinajstić information content (AvgIpc) is 2.46. The SMILES string of the molecule is Nc1cc2c(C(=O)O)c[nH]c2cn1. The van der Waals surface area contributed by atoms with Gasteiger partial charge in [-0.25, -0.2) is 9.78 Å². The molecule has 2 aromatic rings. The van der Waals surface area contributed by atoms with E-state index in [0.29, 0.717) is 16.7 Å². The van der Waals surface area contributed by atoms with Crippen LogP contribution in [0, 0.1) is 0 Å². The molecule has 0 fully saturated rings. The molecule has 0 amide bonds. The molecule has 0 atom stereocenters. The summed E-state index contributed by atoms with van der Waals surface area (Å²) in [4.78, 5) is 17.3. The number of nitrogens with one attached hydrogen (secondary N) is 1. The zero-order chi connectivity index (χ0) is 9.42. The fourth-order valence-electron chi connectivity index (χ4n) is 1.21. The van der Waals surface area contributed by atoms with Gasteiger partial charge in [-0.15, -0.1) is 0 Å². The molecule has 0 radical (unpaired) electrons. The fraction of sp³-hybridized carbons (Fsp3) is 0. The number of aromatic nitrogens is 2. The Hall–Kier alpha value is -2.04. The Bertz CT molecular complexity index is 475. The van der Waals surface area contributed by atoms with E-state index < -0.39 is 5.97 Å². The summed E-state index contributed by atoms with van der Waals surface area (Å²) in [6.07, 6.45) is 2.94. The van der Waals surface area contributed by atoms with Gasteiger partial charge in [0.25, 0.3) is 0 Å². The highest BCUT2D eigenvalue weighted by Crippen LogP contribution is 2.18. The molecule has 0 saturated carbocycles. The number of nitrogen functional groups attached to an aromatic ring is 1. The van der Waals surface area contributed by atoms with Crippen LogP contribution in [0.3, 0.4) is 0 Å². The lowest BCUT2D eigenvalue weighted by Gasteiger charge is -1.93. The van der Waals surface area contributed by atoms with Gasteiger partial charge < -0.3 is 15.8 Å². The number of nitrogens with two attached hydrogens (primary N) is 1. The Morgan fingerprint density at radius 3 is 3.08 bits per heavy atom. The highest BCUT2D eigenvalue weighted by molar-refractivity contribution is 6.03. The Morgan fingerprint density at radius 1 is 1.62 bits per heavy atom. The second-order valence-electron chi connectivity index (χ2n) is 2.66. The van der Waals surface area contributed by atoms with Crippen LogP contribution in [0.5, 0.6) is 0 Å². The number of carbonyl (C=O) groups is 1. The van der Waals surface area contributed by atoms with Gasteiger partial charge in [0.05, 0.1) is 17.3 Å². The van der Waals surface area contributed by atoms with Gasteiger partial charge in [-0.1, -0.05) is 0 Å². The Morgan fingerprint density at radius 2 is 2.38 bits per heavy atom. The molecule has 13 heavy (non-hydrogen) atoms. The van der Waals surface area contributed by atoms with Gasteiger partial charge >= 0.3 is 5.97 Å². The van der Waals surface area contributed by atoms with E-state index in [4.69, 9.17) is 10.8 Å². The molecule has 5 heteroatoms. The molecule has 2 rings (SSSR count). The number of aromatic amines is 1. The van der Waals surface area contributed by atoms with Crippen LogP contribution in [0.25, 0.3) is 10.9 Å². The molecule has 0 spiro atoms. The molecule has 0 aliphatic carbocycles. The predicted octanol–water partition coefficient (Wildman–Crippen LogP) is 0.843. The summed E-state index contributed by atoms with van der Waals surface area (Å²) < 4.78 is 0. The van der Waals surface area contributed by atoms with Crippen LogP contribution in [0.2, 0.25) is 0 Å². The summed E-state index contributed by atoms with van der Waals surface area (Å²) in [5.74, 6) is -0.661. The largest absolute Gasteiger partial charge is 0.478 e. The quantitative estimate of drug-likeness (QED) is 0.601. The minimum absolute atomic E-state index is 0.212. The third kappa shape index (κ3) is 1.10. The zero-order valence-corrected chi connectivity index (χ0v) is 6.61. The minimum Gasteiger partial charge on any atom is -0.478 e. The maximum atomic E-state index is 10.7. The number of nitrogens with zero attached hydrogens (tertiary/aromatic N) is 1. The van der Waals surface area contributed by atoms with Crippen LogP contribution in [0.4, 0.5) is 5.82 Å². The topological polar surface area (TPSA) is 92.0 Å². The average molecular weight is 177 g/mol. The molecular weight excluding hydrogens is 170 g/mol. The standard InChI is InChI=1S/C8H7N3O2/c9-7-1-4-5(8(12)13)2-10-6(4)3-11-7/h1-3,10H,(H2,9,11)(H,12,13). The van der Waals surface area contributed by atoms with Crippen molar-refractivity contribution in [2.24, 2.45) is 0 Å². The van der Waals surface area contributed by atoms with Gasteiger partial charge in [-0.05, 0) is 6.07 Å². The minimum atomic E-state index is -0.975. The van der Waals surface area contributed by atoms with Crippen LogP contribution < -0.4 is 5.73 Å². The van der Waals surface area contributed by atoms with Crippen LogP contribution >= 0.6 is 0 Å². The lowest BCUT2D eigenvalue weighted by Crippen LogP contribution is -1.95. The highest BCUT2D eigenvalue weighted by atomic mass is 16.4. The molecule has 0 saturated heterocycles. The van der Waals surface area contributed by atoms with Crippen molar-refractivity contribution < 1.29 is 9.90 Å². The number of hydrogen-bond acceptors (Lipinski definition) is 3. The third-order valence-corrected chi connectivity index (χ3v) is 1.82. The first-order valence-corrected chi connectivity index (χ1v) is 3.64. The summed E-state index contributed by atoms with van der Waals surface area (Å²) in [5.41, 5.74) is 6.32. The van der Waals surface area contributed by atoms with Gasteiger partial charge in [0.1, 0.15) is 5.82 Å². The van der Waals surface area contributed by atoms with E-state index in [9.17, 15) is 4.79 Å². The van der Waals surface area contributed by atoms with Crippen molar-refractivity contribution in [1.82, 2.24) is 9.97 Å². The molecule has 4 N–H and O–H groups in total. The van der Waals surface area contributed by atoms with Crippen molar-refractivity contribution in [2.45, 2.75) is 0 Å². The van der Waals surface area contributed by atoms with Gasteiger partial charge in [-0.2, -0.15) is 0 Å². The molecule has 2 heterocycles. The van der Waals surface area contributed by atoms with Crippen molar-refractivity contribution in [3.05, 3.63) is 24.0 Å². The number of pyridine rings is 1. The molecular formula is C8H7N3O2. The number of rotatable bonds is 1. The maximum Gasteiger partial charge on any atom is 0.337 e. The van der Waals surface area contributed by atoms with Crippen molar-refractivity contribution in [3.63, 3.8) is 0 Å². The van der Waals surface area contributed by atoms with E-state index in [0.717, 1.165) is 0 Å². The van der Waals surface area contributed by atoms with Crippen molar-refractivity contribution in [3.8, 4) is 0 Å². The van der Waals surface area contributed by atoms with E-state index in [-0.39, 0.29) is 5.56 Å². The van der Waals surface area contributed by atoms with E-state index in [2.05, 4.69) is 9.97 Å². The number of anilines is 1. The van der Waals surface area contributed by atoms with Gasteiger partial charge in [0, 0.05) is 11.6 Å². The number of carboxylic acids is 1. The normalized spacial score (nSPS) is 10.5. The van der Waals surface area contributed by atoms with Crippen LogP contribution in [-0.4, -0.2) is 21.0 Å². The van der Waals surface area contributed by atoms with E-state index in [1.165, 1.54) is 18.5 Å². The fourth-order valence-corrected chi connectivity index (χ4v) is 1.21. The number of hydrogen-bond donors (Lipinski definition) is 3. The highest BCUT2D eigenvalue weighted by Gasteiger charge is 2.10. The van der Waals surface area contributed by atoms with Crippen molar-refractivity contribution >= 4 is 22.7 Å². The lowest BCUT2D eigenvalue weighted by atomic mass is 10.2. The Kier molecular flexibility index (Phi) is 1.45. The monoisotopic (exact) mass is 177 g/mol. The van der Waals surface area contributed by atoms with Crippen molar-refractivity contribution in [1.29, 1.82) is 0 Å². The first-order valence-electron chi connectivity index (χ1n) is 3.64. The number of fused-ring (bicyclic) bond motifs is 1. The first-order chi connectivity index (χ1) is 6.18. The molecule has 0 aromatic carbocycles. The second kappa shape index (κ2) is 2.48. The molecule has 5 nitrogen and oxygen atoms in total. The Labute approximate surface area is 73.2 Å². The first kappa shape index (κ1) is 7.60. The summed E-state index contributed by atoms with van der Waals surface area (Å²) in [6, 6.07) is 1.54. The summed E-state index contributed by atoms with van der Waals surface area (Å²) in [6.45, 7) is 0. The lowest BCUT2D eigenvalue weighted by molar-refractivity contribution is 0.0699. The van der Waals surface area contributed by atoms with E-state index >= 15 is 0 Å². The van der Waals surface area contributed by atoms with E-state index in [1.54, 1.807) is 0 Å². The summed E-state index contributed by atoms with van der Waals surface area (Å²) >= 11 is 0. The van der Waals surface area contributed by atoms with Crippen molar-refractivity contribution in [2.75, 3.05) is 5.73 Å². The van der Waals surface area contributed by atoms with Gasteiger partial charge in [0.15, 0.2) is 0 Å². The predicted molar refractivity (Wildman–Crippen MR) is 47.5 cm³/mol. The molecule has 0 aliphatic rings. The summed E-state index contributed by atoms with van der Waals surface area (Å²) in [7, 11) is 0. The van der Waals surface area contributed by atoms with Crippen LogP contribution in [-0.2, 0) is 0 Å². The Balaban J connectivity index is 2.79. The smallest absolute Gasteiger partial charge is 0.337 e. The zero-order valence-electron chi connectivity index (χ0n) is 6.61. The number of carboxylic acid groups (broad SMARTS) is 1. The maximum absolute atomic E-state index is 10.7. The molecule has 2 aromatic heterocycles. The molecule has 0 aliphatic heterocycles. The van der Waals surface area contributed by atoms with Crippen LogP contribution in [0.15, 0.2) is 18.5 Å². The molecule has 0 bridgehead atoms. The third-order valence-electron chi connectivity index (χ3n) is 1.82.